The number of fused-ring (bicyclic) bond motifs is 4. The van der Waals surface area contributed by atoms with Gasteiger partial charge in [0.1, 0.15) is 42.1 Å². The largest absolute Gasteiger partial charge is 0.444 e. The number of hydrogen-bond acceptors (Lipinski definition) is 12. The molecule has 20 heteroatoms. The molecule has 0 spiro atoms. The summed E-state index contributed by atoms with van der Waals surface area (Å²) in [7, 11) is 0. The number of ether oxygens (including phenoxy) is 2. The molecule has 0 aliphatic carbocycles. The number of nitrogens with one attached hydrogen (secondary N) is 2. The molecule has 0 radical (unpaired) electrons. The summed E-state index contributed by atoms with van der Waals surface area (Å²) in [6, 6.07) is 7.22. The summed E-state index contributed by atoms with van der Waals surface area (Å²) in [5.74, 6) is -0.766. The van der Waals surface area contributed by atoms with Crippen LogP contribution in [0.2, 0.25) is 0 Å². The second kappa shape index (κ2) is 19.4. The molecule has 6 heterocycles. The normalized spacial score (nSPS) is 26.4. The molecule has 6 atom stereocenters. The van der Waals surface area contributed by atoms with Gasteiger partial charge in [-0.2, -0.15) is 5.06 Å². The summed E-state index contributed by atoms with van der Waals surface area (Å²) in [4.78, 5) is 97.8. The minimum atomic E-state index is -0.656. The van der Waals surface area contributed by atoms with Crippen molar-refractivity contribution in [2.45, 2.75) is 147 Å². The van der Waals surface area contributed by atoms with Crippen molar-refractivity contribution in [3.8, 4) is 0 Å². The average Bonchev–Trinajstić information content (AvgIpc) is 3.59. The zero-order valence-electron chi connectivity index (χ0n) is 36.1. The quantitative estimate of drug-likeness (QED) is 0.238. The number of piperidine rings is 4. The predicted octanol–water partition coefficient (Wildman–Crippen LogP) is 3.93. The SMILES string of the molecule is CC(C)(C)OC(=O)N1CCC[C@@H](ONC(=O)[C@@H]2CC[C@@H]3CN2C(=O)N3O)C1.CC(C)(C)OC(=O)N1CCC[C@@H](ONC(=O)[C@@H]2CC[C@@H]3CN2C(=O)N3OCc2ccccc2)C1. The molecular formula is C41H62N8O12. The van der Waals surface area contributed by atoms with Crippen LogP contribution in [0.1, 0.15) is 98.5 Å². The first-order valence-electron chi connectivity index (χ1n) is 21.3. The van der Waals surface area contributed by atoms with Gasteiger partial charge in [0.25, 0.3) is 11.8 Å². The fraction of sp³-hybridized carbons (Fsp3) is 0.707. The zero-order chi connectivity index (χ0) is 44.1. The lowest BCUT2D eigenvalue weighted by molar-refractivity contribution is -0.147. The molecule has 8 amide bonds. The van der Waals surface area contributed by atoms with Gasteiger partial charge in [-0.1, -0.05) is 30.3 Å². The van der Waals surface area contributed by atoms with Crippen LogP contribution in [-0.4, -0.2) is 158 Å². The molecule has 4 bridgehead atoms. The van der Waals surface area contributed by atoms with E-state index in [0.717, 1.165) is 24.8 Å². The smallest absolute Gasteiger partial charge is 0.410 e. The van der Waals surface area contributed by atoms with Crippen molar-refractivity contribution in [3.05, 3.63) is 35.9 Å². The number of urea groups is 2. The third-order valence-corrected chi connectivity index (χ3v) is 11.2. The van der Waals surface area contributed by atoms with Gasteiger partial charge in [0.15, 0.2) is 0 Å². The van der Waals surface area contributed by atoms with Gasteiger partial charge < -0.3 is 29.1 Å². The number of likely N-dealkylation sites (tertiary alicyclic amines) is 2. The maximum absolute atomic E-state index is 12.9. The van der Waals surface area contributed by atoms with Crippen molar-refractivity contribution in [2.75, 3.05) is 39.3 Å². The highest BCUT2D eigenvalue weighted by Gasteiger charge is 2.49. The number of carbonyl (C=O) groups excluding carboxylic acids is 6. The molecule has 1 aromatic rings. The lowest BCUT2D eigenvalue weighted by atomic mass is 10.0. The average molecular weight is 859 g/mol. The van der Waals surface area contributed by atoms with E-state index in [2.05, 4.69) is 11.0 Å². The van der Waals surface area contributed by atoms with Crippen LogP contribution >= 0.6 is 0 Å². The van der Waals surface area contributed by atoms with Crippen LogP contribution in [0, 0.1) is 0 Å². The van der Waals surface area contributed by atoms with Crippen LogP contribution in [0.15, 0.2) is 30.3 Å². The maximum Gasteiger partial charge on any atom is 0.410 e. The van der Waals surface area contributed by atoms with Crippen LogP contribution < -0.4 is 11.0 Å². The van der Waals surface area contributed by atoms with Crippen molar-refractivity contribution in [1.82, 2.24) is 40.7 Å². The Morgan fingerprint density at radius 1 is 0.656 bits per heavy atom. The number of hydroxylamine groups is 6. The van der Waals surface area contributed by atoms with E-state index in [-0.39, 0.29) is 42.3 Å². The molecule has 61 heavy (non-hydrogen) atoms. The minimum Gasteiger partial charge on any atom is -0.444 e. The van der Waals surface area contributed by atoms with E-state index in [1.54, 1.807) is 14.7 Å². The lowest BCUT2D eigenvalue weighted by Crippen LogP contribution is -2.52. The van der Waals surface area contributed by atoms with Crippen molar-refractivity contribution < 1.29 is 58.0 Å². The summed E-state index contributed by atoms with van der Waals surface area (Å²) in [5, 5.41) is 11.8. The van der Waals surface area contributed by atoms with Gasteiger partial charge in [0, 0.05) is 26.2 Å². The summed E-state index contributed by atoms with van der Waals surface area (Å²) in [5.41, 5.74) is 4.81. The van der Waals surface area contributed by atoms with E-state index >= 15 is 0 Å². The molecule has 0 aromatic heterocycles. The Labute approximate surface area is 356 Å². The Morgan fingerprint density at radius 2 is 1.13 bits per heavy atom. The molecule has 6 aliphatic rings. The highest BCUT2D eigenvalue weighted by molar-refractivity contribution is 5.88. The minimum absolute atomic E-state index is 0.0677. The van der Waals surface area contributed by atoms with Crippen molar-refractivity contribution in [2.24, 2.45) is 0 Å². The number of carbonyl (C=O) groups is 6. The highest BCUT2D eigenvalue weighted by atomic mass is 16.7. The highest BCUT2D eigenvalue weighted by Crippen LogP contribution is 2.31. The molecule has 3 N–H and O–H groups in total. The number of hydrogen-bond donors (Lipinski definition) is 3. The first-order valence-corrected chi connectivity index (χ1v) is 21.3. The Morgan fingerprint density at radius 3 is 1.64 bits per heavy atom. The van der Waals surface area contributed by atoms with Gasteiger partial charge in [0.2, 0.25) is 0 Å². The lowest BCUT2D eigenvalue weighted by Gasteiger charge is -2.34. The predicted molar refractivity (Wildman–Crippen MR) is 215 cm³/mol. The molecule has 0 unspecified atom stereocenters. The number of nitrogens with zero attached hydrogens (tertiary/aromatic N) is 6. The number of amides is 8. The van der Waals surface area contributed by atoms with E-state index in [1.165, 1.54) is 9.96 Å². The molecule has 1 aromatic carbocycles. The van der Waals surface area contributed by atoms with Crippen molar-refractivity contribution in [1.29, 1.82) is 0 Å². The second-order valence-corrected chi connectivity index (χ2v) is 18.3. The summed E-state index contributed by atoms with van der Waals surface area (Å²) >= 11 is 0. The van der Waals surface area contributed by atoms with Crippen LogP contribution in [0.4, 0.5) is 19.2 Å². The van der Waals surface area contributed by atoms with Gasteiger partial charge >= 0.3 is 24.2 Å². The Balaban J connectivity index is 0.000000210. The van der Waals surface area contributed by atoms with Crippen LogP contribution in [0.3, 0.4) is 0 Å². The van der Waals surface area contributed by atoms with Crippen molar-refractivity contribution >= 4 is 36.1 Å². The van der Waals surface area contributed by atoms with Gasteiger partial charge in [-0.15, -0.1) is 0 Å². The zero-order valence-corrected chi connectivity index (χ0v) is 36.1. The van der Waals surface area contributed by atoms with Gasteiger partial charge in [-0.05, 0) is 98.5 Å². The molecule has 20 nitrogen and oxygen atoms in total. The summed E-state index contributed by atoms with van der Waals surface area (Å²) in [6.07, 6.45) is 3.71. The van der Waals surface area contributed by atoms with E-state index in [9.17, 15) is 34.0 Å². The van der Waals surface area contributed by atoms with Gasteiger partial charge in [-0.25, -0.2) is 35.2 Å². The Bertz CT molecular complexity index is 1740. The van der Waals surface area contributed by atoms with Crippen molar-refractivity contribution in [3.63, 3.8) is 0 Å². The molecule has 0 saturated carbocycles. The molecule has 6 aliphatic heterocycles. The van der Waals surface area contributed by atoms with E-state index in [1.807, 2.05) is 71.9 Å². The standard InChI is InChI=1S/C24H34N4O6.C17H28N4O6/c1-24(2,3)33-23(31)26-13-7-10-19(15-26)34-25-21(29)20-12-11-18-14-27(20)22(30)28(18)32-16-17-8-5-4-6-9-17;1-17(2,3)26-16(24)19-8-4-5-12(10-19)27-18-14(22)13-7-6-11-9-20(13)15(23)21(11)25/h4-6,8-9,18-20H,7,10-16H2,1-3H3,(H,25,29);11-13,25H,4-10H2,1-3H3,(H,18,22)/t18-,19-,20+;11-,12-,13+/m11/s1. The number of benzene rings is 1. The molecule has 6 saturated heterocycles. The van der Waals surface area contributed by atoms with Crippen LogP contribution in [-0.2, 0) is 40.2 Å². The molecule has 6 fully saturated rings. The number of rotatable bonds is 9. The first kappa shape index (κ1) is 45.6. The summed E-state index contributed by atoms with van der Waals surface area (Å²) < 4.78 is 10.8. The van der Waals surface area contributed by atoms with Crippen LogP contribution in [0.5, 0.6) is 0 Å². The fourth-order valence-electron chi connectivity index (χ4n) is 8.18. The molecule has 7 rings (SSSR count). The van der Waals surface area contributed by atoms with Gasteiger partial charge in [-0.3, -0.25) is 29.3 Å². The van der Waals surface area contributed by atoms with E-state index in [4.69, 9.17) is 24.0 Å². The third kappa shape index (κ3) is 11.9. The summed E-state index contributed by atoms with van der Waals surface area (Å²) in [6.45, 7) is 13.8. The van der Waals surface area contributed by atoms with Crippen LogP contribution in [0.25, 0.3) is 0 Å². The van der Waals surface area contributed by atoms with E-state index in [0.29, 0.717) is 83.0 Å². The topological polar surface area (TPSA) is 212 Å². The first-order chi connectivity index (χ1) is 28.9. The third-order valence-electron chi connectivity index (χ3n) is 11.2. The van der Waals surface area contributed by atoms with E-state index < -0.39 is 41.3 Å². The molecule has 338 valence electrons. The maximum atomic E-state index is 12.9. The molecular weight excluding hydrogens is 796 g/mol. The Kier molecular flexibility index (Phi) is 14.5. The Hall–Kier alpha value is -4.92. The monoisotopic (exact) mass is 858 g/mol. The fourth-order valence-corrected chi connectivity index (χ4v) is 8.18. The van der Waals surface area contributed by atoms with Gasteiger partial charge in [0.05, 0.1) is 25.2 Å². The second-order valence-electron chi connectivity index (χ2n) is 18.3.